The number of aliphatic hydroxyl groups excluding tert-OH is 1. The van der Waals surface area contributed by atoms with Gasteiger partial charge in [0.25, 0.3) is 6.41 Å². The number of hydrogen-bond donors (Lipinski definition) is 1. The minimum absolute atomic E-state index is 0.0556. The quantitative estimate of drug-likeness (QED) is 0.248. The normalized spacial score (nSPS) is 11.1. The lowest BCUT2D eigenvalue weighted by atomic mass is 10.2. The molecule has 0 bridgehead atoms. The average Bonchev–Trinajstić information content (AvgIpc) is 3.25. The summed E-state index contributed by atoms with van der Waals surface area (Å²) < 4.78 is 0. The van der Waals surface area contributed by atoms with E-state index in [1.54, 1.807) is 22.6 Å². The summed E-state index contributed by atoms with van der Waals surface area (Å²) in [5.41, 5.74) is 2.15. The second-order valence-electron chi connectivity index (χ2n) is 5.60. The van der Waals surface area contributed by atoms with Gasteiger partial charge in [-0.1, -0.05) is 62.5 Å². The monoisotopic (exact) mass is 461 g/mol. The number of aromatic nitrogens is 1. The fourth-order valence-corrected chi connectivity index (χ4v) is 2.58. The molecule has 0 spiro atoms. The van der Waals surface area contributed by atoms with Gasteiger partial charge in [-0.25, -0.2) is 4.98 Å². The molecule has 0 aliphatic heterocycles. The Balaban J connectivity index is -0.000000422. The first-order valence-electron chi connectivity index (χ1n) is 10.4. The summed E-state index contributed by atoms with van der Waals surface area (Å²) in [6.45, 7) is 18.9. The minimum Gasteiger partial charge on any atom is -0.392 e. The van der Waals surface area contributed by atoms with Crippen LogP contribution in [0.5, 0.6) is 0 Å². The first-order valence-corrected chi connectivity index (χ1v) is 11.2. The van der Waals surface area contributed by atoms with Crippen LogP contribution in [0.1, 0.15) is 51.4 Å². The smallest absolute Gasteiger partial charge is 0.274 e. The van der Waals surface area contributed by atoms with Gasteiger partial charge in [-0.05, 0) is 46.9 Å². The van der Waals surface area contributed by atoms with E-state index in [9.17, 15) is 0 Å². The van der Waals surface area contributed by atoms with Gasteiger partial charge in [0.2, 0.25) is 0 Å². The number of aliphatic hydroxyl groups is 1. The number of aryl methyl sites for hydroxylation is 1. The molecular weight excluding hydrogens is 422 g/mol. The third-order valence-electron chi connectivity index (χ3n) is 3.25. The Morgan fingerprint density at radius 2 is 1.91 bits per heavy atom. The molecule has 0 saturated carbocycles. The first kappa shape index (κ1) is 33.7. The van der Waals surface area contributed by atoms with E-state index in [1.165, 1.54) is 4.88 Å². The van der Waals surface area contributed by atoms with Crippen LogP contribution < -0.4 is 0 Å². The van der Waals surface area contributed by atoms with Crippen molar-refractivity contribution in [1.82, 2.24) is 9.88 Å². The summed E-state index contributed by atoms with van der Waals surface area (Å²) in [7, 11) is 0. The highest BCUT2D eigenvalue weighted by Crippen LogP contribution is 2.21. The van der Waals surface area contributed by atoms with Crippen LogP contribution >= 0.6 is 11.3 Å². The van der Waals surface area contributed by atoms with E-state index >= 15 is 0 Å². The minimum atomic E-state index is -0.0556. The van der Waals surface area contributed by atoms with Crippen LogP contribution in [0.25, 0.3) is 5.57 Å². The number of nitrogens with zero attached hydrogens (tertiary/aromatic N) is 3. The average molecular weight is 462 g/mol. The maximum Gasteiger partial charge on any atom is 0.274 e. The van der Waals surface area contributed by atoms with Gasteiger partial charge in [-0.2, -0.15) is 0 Å². The molecule has 0 aliphatic carbocycles. The van der Waals surface area contributed by atoms with E-state index in [0.29, 0.717) is 0 Å². The van der Waals surface area contributed by atoms with E-state index < -0.39 is 0 Å². The Morgan fingerprint density at radius 1 is 1.28 bits per heavy atom. The standard InChI is InChI=1S/C11H19NO.C11H13NS.C2H6.CHNO2/c1-4-8-12(5-2)9-6-11(3)7-10-13;1-4-6-7-10(5-2)11-12-8-9(3)13-11;1-2;3-1-2-4/h4,6-9,13H,5,10H2,1-3H3;4-8H,2H2,1,3H3;1-2H3;1H/b8-4+,9-6-,11-7+;6-4-,10-7+;;. The van der Waals surface area contributed by atoms with Crippen molar-refractivity contribution in [3.05, 3.63) is 88.1 Å². The van der Waals surface area contributed by atoms with Crippen molar-refractivity contribution in [2.24, 2.45) is 5.18 Å². The number of rotatable bonds is 9. The molecule has 0 radical (unpaired) electrons. The summed E-state index contributed by atoms with van der Waals surface area (Å²) in [6, 6.07) is 0. The van der Waals surface area contributed by atoms with Crippen molar-refractivity contribution >= 4 is 23.3 Å². The van der Waals surface area contributed by atoms with Gasteiger partial charge in [-0.15, -0.1) is 16.2 Å². The first-order chi connectivity index (χ1) is 15.4. The molecule has 0 unspecified atom stereocenters. The maximum atomic E-state index is 8.69. The largest absolute Gasteiger partial charge is 0.392 e. The molecular formula is C25H39N3O3S. The number of carbonyl (C=O) groups is 1. The molecule has 6 nitrogen and oxygen atoms in total. The van der Waals surface area contributed by atoms with Crippen LogP contribution in [0.4, 0.5) is 0 Å². The number of amides is 1. The van der Waals surface area contributed by atoms with Gasteiger partial charge >= 0.3 is 0 Å². The molecule has 0 atom stereocenters. The van der Waals surface area contributed by atoms with Gasteiger partial charge in [-0.3, -0.25) is 4.79 Å². The second-order valence-corrected chi connectivity index (χ2v) is 6.83. The van der Waals surface area contributed by atoms with Crippen LogP contribution in [-0.2, 0) is 4.79 Å². The lowest BCUT2D eigenvalue weighted by Gasteiger charge is -2.11. The van der Waals surface area contributed by atoms with Crippen molar-refractivity contribution in [2.45, 2.75) is 48.5 Å². The Hall–Kier alpha value is -2.90. The summed E-state index contributed by atoms with van der Waals surface area (Å²) in [5, 5.41) is 11.5. The SMILES string of the molecule is C/C=C/N(/C=C\C(C)=C\CO)CC.C=C/C(=C\C=C/C)c1ncc(C)s1.CC.O=CN=O. The molecule has 1 heterocycles. The van der Waals surface area contributed by atoms with Crippen LogP contribution in [0, 0.1) is 11.8 Å². The summed E-state index contributed by atoms with van der Waals surface area (Å²) in [5.74, 6) is 0. The predicted molar refractivity (Wildman–Crippen MR) is 140 cm³/mol. The number of hydrogen-bond acceptors (Lipinski definition) is 6. The highest BCUT2D eigenvalue weighted by atomic mass is 32.1. The van der Waals surface area contributed by atoms with Crippen molar-refractivity contribution in [3.63, 3.8) is 0 Å². The van der Waals surface area contributed by atoms with E-state index in [-0.39, 0.29) is 13.0 Å². The molecule has 0 aromatic carbocycles. The van der Waals surface area contributed by atoms with Crippen molar-refractivity contribution in [2.75, 3.05) is 13.2 Å². The van der Waals surface area contributed by atoms with Crippen molar-refractivity contribution in [3.8, 4) is 0 Å². The molecule has 1 amide bonds. The fraction of sp³-hybridized carbons (Fsp3) is 0.360. The number of nitroso groups, excluding NO2 is 1. The second kappa shape index (κ2) is 26.1. The van der Waals surface area contributed by atoms with Gasteiger partial charge < -0.3 is 10.0 Å². The zero-order valence-corrected chi connectivity index (χ0v) is 21.3. The summed E-state index contributed by atoms with van der Waals surface area (Å²) in [4.78, 5) is 24.8. The molecule has 1 aromatic heterocycles. The third-order valence-corrected chi connectivity index (χ3v) is 4.21. The molecule has 1 N–H and O–H groups in total. The van der Waals surface area contributed by atoms with Gasteiger partial charge in [0.15, 0.2) is 0 Å². The molecule has 32 heavy (non-hydrogen) atoms. The summed E-state index contributed by atoms with van der Waals surface area (Å²) in [6.07, 6.45) is 19.4. The lowest BCUT2D eigenvalue weighted by molar-refractivity contribution is -0.106. The number of allylic oxidation sites excluding steroid dienone is 8. The zero-order valence-electron chi connectivity index (χ0n) is 20.5. The van der Waals surface area contributed by atoms with Crippen molar-refractivity contribution in [1.29, 1.82) is 0 Å². The highest BCUT2D eigenvalue weighted by molar-refractivity contribution is 7.12. The fourth-order valence-electron chi connectivity index (χ4n) is 1.79. The highest BCUT2D eigenvalue weighted by Gasteiger charge is 2.00. The van der Waals surface area contributed by atoms with Crippen LogP contribution in [-0.4, -0.2) is 34.6 Å². The van der Waals surface area contributed by atoms with Gasteiger partial charge in [0.1, 0.15) is 5.01 Å². The Labute approximate surface area is 198 Å². The van der Waals surface area contributed by atoms with Crippen molar-refractivity contribution < 1.29 is 9.90 Å². The molecule has 7 heteroatoms. The van der Waals surface area contributed by atoms with Gasteiger partial charge in [0.05, 0.1) is 6.61 Å². The number of carbonyl (C=O) groups excluding carboxylic acids is 1. The Kier molecular flexibility index (Phi) is 27.5. The predicted octanol–water partition coefficient (Wildman–Crippen LogP) is 6.83. The summed E-state index contributed by atoms with van der Waals surface area (Å²) >= 11 is 1.69. The zero-order chi connectivity index (χ0) is 25.2. The van der Waals surface area contributed by atoms with Crippen LogP contribution in [0.2, 0.25) is 0 Å². The number of thiazole rings is 1. The van der Waals surface area contributed by atoms with E-state index in [4.69, 9.17) is 14.8 Å². The molecule has 1 aromatic rings. The van der Waals surface area contributed by atoms with E-state index in [1.807, 2.05) is 89.7 Å². The Morgan fingerprint density at radius 3 is 2.28 bits per heavy atom. The Bertz CT molecular complexity index is 754. The third kappa shape index (κ3) is 20.4. The molecule has 178 valence electrons. The maximum absolute atomic E-state index is 8.69. The van der Waals surface area contributed by atoms with E-state index in [2.05, 4.69) is 30.3 Å². The van der Waals surface area contributed by atoms with Gasteiger partial charge in [0, 0.05) is 34.6 Å². The molecule has 0 fully saturated rings. The van der Waals surface area contributed by atoms with Crippen LogP contribution in [0.3, 0.4) is 0 Å². The topological polar surface area (TPSA) is 82.9 Å². The van der Waals surface area contributed by atoms with E-state index in [0.717, 1.165) is 22.7 Å². The lowest BCUT2D eigenvalue weighted by Crippen LogP contribution is -2.07. The molecule has 0 aliphatic rings. The van der Waals surface area contributed by atoms with Crippen LogP contribution in [0.15, 0.2) is 78.5 Å². The molecule has 0 saturated heterocycles. The molecule has 1 rings (SSSR count).